The second kappa shape index (κ2) is 6.21. The molecular formula is C14H18N4O2. The minimum absolute atomic E-state index is 0.321. The lowest BCUT2D eigenvalue weighted by molar-refractivity contribution is 0.178. The Kier molecular flexibility index (Phi) is 4.37. The van der Waals surface area contributed by atoms with E-state index in [4.69, 9.17) is 15.2 Å². The van der Waals surface area contributed by atoms with Crippen molar-refractivity contribution in [3.8, 4) is 5.75 Å². The average molecular weight is 274 g/mol. The highest BCUT2D eigenvalue weighted by molar-refractivity contribution is 5.60. The summed E-state index contributed by atoms with van der Waals surface area (Å²) in [6, 6.07) is 7.48. The summed E-state index contributed by atoms with van der Waals surface area (Å²) < 4.78 is 10.2. The zero-order valence-electron chi connectivity index (χ0n) is 11.8. The van der Waals surface area contributed by atoms with Gasteiger partial charge in [0.05, 0.1) is 7.11 Å². The molecule has 1 aromatic carbocycles. The Morgan fingerprint density at radius 2 is 2.00 bits per heavy atom. The van der Waals surface area contributed by atoms with Crippen molar-refractivity contribution >= 4 is 17.3 Å². The van der Waals surface area contributed by atoms with E-state index in [1.807, 2.05) is 25.1 Å². The van der Waals surface area contributed by atoms with Crippen molar-refractivity contribution in [3.63, 3.8) is 0 Å². The predicted molar refractivity (Wildman–Crippen MR) is 78.2 cm³/mol. The smallest absolute Gasteiger partial charge is 0.158 e. The molecule has 0 spiro atoms. The highest BCUT2D eigenvalue weighted by Crippen LogP contribution is 2.24. The van der Waals surface area contributed by atoms with Crippen molar-refractivity contribution in [3.05, 3.63) is 35.7 Å². The van der Waals surface area contributed by atoms with Gasteiger partial charge in [-0.25, -0.2) is 9.97 Å². The fourth-order valence-electron chi connectivity index (χ4n) is 1.88. The van der Waals surface area contributed by atoms with Crippen LogP contribution in [0.25, 0.3) is 0 Å². The van der Waals surface area contributed by atoms with Gasteiger partial charge in [0.25, 0.3) is 0 Å². The summed E-state index contributed by atoms with van der Waals surface area (Å²) in [4.78, 5) is 8.42. The first kappa shape index (κ1) is 14.1. The van der Waals surface area contributed by atoms with E-state index in [1.165, 1.54) is 0 Å². The average Bonchev–Trinajstić information content (AvgIpc) is 2.38. The normalized spacial score (nSPS) is 10.3. The molecule has 0 saturated carbocycles. The summed E-state index contributed by atoms with van der Waals surface area (Å²) >= 11 is 0. The SMILES string of the molecule is COCc1nc(N)cc(Nc2ccc(OC)c(C)c2)n1. The molecule has 20 heavy (non-hydrogen) atoms. The van der Waals surface area contributed by atoms with E-state index in [-0.39, 0.29) is 0 Å². The number of nitrogens with zero attached hydrogens (tertiary/aromatic N) is 2. The molecule has 1 aromatic heterocycles. The van der Waals surface area contributed by atoms with Crippen molar-refractivity contribution in [2.24, 2.45) is 0 Å². The number of nitrogens with two attached hydrogens (primary N) is 1. The summed E-state index contributed by atoms with van der Waals surface area (Å²) in [6.45, 7) is 2.30. The van der Waals surface area contributed by atoms with Gasteiger partial charge < -0.3 is 20.5 Å². The van der Waals surface area contributed by atoms with Gasteiger partial charge in [-0.1, -0.05) is 0 Å². The zero-order chi connectivity index (χ0) is 14.5. The Hall–Kier alpha value is -2.34. The van der Waals surface area contributed by atoms with Crippen molar-refractivity contribution in [1.29, 1.82) is 0 Å². The maximum Gasteiger partial charge on any atom is 0.158 e. The summed E-state index contributed by atoms with van der Waals surface area (Å²) in [6.07, 6.45) is 0. The van der Waals surface area contributed by atoms with Gasteiger partial charge in [0, 0.05) is 18.9 Å². The lowest BCUT2D eigenvalue weighted by atomic mass is 10.2. The molecule has 0 aliphatic rings. The number of aryl methyl sites for hydroxylation is 1. The number of benzene rings is 1. The molecule has 0 radical (unpaired) electrons. The van der Waals surface area contributed by atoms with E-state index in [0.717, 1.165) is 17.0 Å². The summed E-state index contributed by atoms with van der Waals surface area (Å²) in [5.41, 5.74) is 7.70. The van der Waals surface area contributed by atoms with Crippen LogP contribution in [0.3, 0.4) is 0 Å². The molecule has 2 aromatic rings. The number of methoxy groups -OCH3 is 2. The van der Waals surface area contributed by atoms with E-state index in [0.29, 0.717) is 24.1 Å². The third-order valence-corrected chi connectivity index (χ3v) is 2.73. The second-order valence-corrected chi connectivity index (χ2v) is 4.34. The Morgan fingerprint density at radius 3 is 2.65 bits per heavy atom. The standard InChI is InChI=1S/C14H18N4O2/c1-9-6-10(4-5-11(9)20-3)16-13-7-12(15)17-14(18-13)8-19-2/h4-7H,8H2,1-3H3,(H3,15,16,17,18). The first-order chi connectivity index (χ1) is 9.62. The number of anilines is 3. The molecule has 2 rings (SSSR count). The number of aromatic nitrogens is 2. The fourth-order valence-corrected chi connectivity index (χ4v) is 1.88. The molecule has 0 atom stereocenters. The van der Waals surface area contributed by atoms with E-state index in [9.17, 15) is 0 Å². The van der Waals surface area contributed by atoms with Crippen molar-refractivity contribution in [2.45, 2.75) is 13.5 Å². The Morgan fingerprint density at radius 1 is 1.20 bits per heavy atom. The molecule has 6 nitrogen and oxygen atoms in total. The largest absolute Gasteiger partial charge is 0.496 e. The van der Waals surface area contributed by atoms with Gasteiger partial charge in [-0.3, -0.25) is 0 Å². The maximum absolute atomic E-state index is 5.75. The van der Waals surface area contributed by atoms with Crippen LogP contribution in [-0.4, -0.2) is 24.2 Å². The molecular weight excluding hydrogens is 256 g/mol. The summed E-state index contributed by atoms with van der Waals surface area (Å²) in [5, 5.41) is 3.19. The first-order valence-corrected chi connectivity index (χ1v) is 6.16. The highest BCUT2D eigenvalue weighted by atomic mass is 16.5. The summed E-state index contributed by atoms with van der Waals surface area (Å²) in [7, 11) is 3.24. The zero-order valence-corrected chi connectivity index (χ0v) is 11.8. The number of ether oxygens (including phenoxy) is 2. The Labute approximate surface area is 118 Å². The number of rotatable bonds is 5. The Balaban J connectivity index is 2.23. The molecule has 1 heterocycles. The molecule has 0 fully saturated rings. The number of nitrogens with one attached hydrogen (secondary N) is 1. The van der Waals surface area contributed by atoms with Crippen molar-refractivity contribution in [2.75, 3.05) is 25.3 Å². The van der Waals surface area contributed by atoms with Crippen LogP contribution in [-0.2, 0) is 11.3 Å². The molecule has 0 bridgehead atoms. The molecule has 3 N–H and O–H groups in total. The van der Waals surface area contributed by atoms with Crippen LogP contribution in [0.5, 0.6) is 5.75 Å². The molecule has 0 amide bonds. The van der Waals surface area contributed by atoms with E-state index >= 15 is 0 Å². The molecule has 0 unspecified atom stereocenters. The van der Waals surface area contributed by atoms with Gasteiger partial charge in [0.15, 0.2) is 5.82 Å². The number of hydrogen-bond donors (Lipinski definition) is 2. The molecule has 6 heteroatoms. The molecule has 106 valence electrons. The van der Waals surface area contributed by atoms with Gasteiger partial charge in [-0.2, -0.15) is 0 Å². The third-order valence-electron chi connectivity index (χ3n) is 2.73. The van der Waals surface area contributed by atoms with E-state index in [2.05, 4.69) is 15.3 Å². The second-order valence-electron chi connectivity index (χ2n) is 4.34. The molecule has 0 aliphatic carbocycles. The van der Waals surface area contributed by atoms with Gasteiger partial charge in [-0.05, 0) is 30.7 Å². The fraction of sp³-hybridized carbons (Fsp3) is 0.286. The van der Waals surface area contributed by atoms with Crippen LogP contribution in [0.2, 0.25) is 0 Å². The van der Waals surface area contributed by atoms with Crippen molar-refractivity contribution in [1.82, 2.24) is 9.97 Å². The van der Waals surface area contributed by atoms with Crippen LogP contribution < -0.4 is 15.8 Å². The van der Waals surface area contributed by atoms with Crippen LogP contribution in [0, 0.1) is 6.92 Å². The number of hydrogen-bond acceptors (Lipinski definition) is 6. The predicted octanol–water partition coefficient (Wildman–Crippen LogP) is 2.27. The lowest BCUT2D eigenvalue weighted by Gasteiger charge is -2.10. The Bertz CT molecular complexity index is 602. The van der Waals surface area contributed by atoms with Gasteiger partial charge in [-0.15, -0.1) is 0 Å². The van der Waals surface area contributed by atoms with Gasteiger partial charge in [0.1, 0.15) is 24.0 Å². The highest BCUT2D eigenvalue weighted by Gasteiger charge is 2.05. The number of nitrogen functional groups attached to an aromatic ring is 1. The monoisotopic (exact) mass is 274 g/mol. The van der Waals surface area contributed by atoms with Crippen LogP contribution >= 0.6 is 0 Å². The van der Waals surface area contributed by atoms with Crippen molar-refractivity contribution < 1.29 is 9.47 Å². The summed E-state index contributed by atoms with van der Waals surface area (Å²) in [5.74, 6) is 2.42. The van der Waals surface area contributed by atoms with Crippen LogP contribution in [0.4, 0.5) is 17.3 Å². The minimum Gasteiger partial charge on any atom is -0.496 e. The van der Waals surface area contributed by atoms with Crippen LogP contribution in [0.1, 0.15) is 11.4 Å². The third kappa shape index (κ3) is 3.36. The van der Waals surface area contributed by atoms with Gasteiger partial charge in [0.2, 0.25) is 0 Å². The topological polar surface area (TPSA) is 82.3 Å². The minimum atomic E-state index is 0.321. The van der Waals surface area contributed by atoms with E-state index in [1.54, 1.807) is 20.3 Å². The van der Waals surface area contributed by atoms with E-state index < -0.39 is 0 Å². The lowest BCUT2D eigenvalue weighted by Crippen LogP contribution is -2.04. The van der Waals surface area contributed by atoms with Gasteiger partial charge >= 0.3 is 0 Å². The maximum atomic E-state index is 5.75. The first-order valence-electron chi connectivity index (χ1n) is 6.16. The quantitative estimate of drug-likeness (QED) is 0.870. The van der Waals surface area contributed by atoms with Crippen LogP contribution in [0.15, 0.2) is 24.3 Å². The molecule has 0 saturated heterocycles. The molecule has 0 aliphatic heterocycles.